The average Bonchev–Trinajstić information content (AvgIpc) is 2.58. The van der Waals surface area contributed by atoms with Crippen LogP contribution in [-0.2, 0) is 4.79 Å². The first-order valence-corrected chi connectivity index (χ1v) is 8.37. The number of benzene rings is 2. The van der Waals surface area contributed by atoms with Crippen LogP contribution in [0.3, 0.4) is 0 Å². The number of nitro benzene ring substituents is 1. The van der Waals surface area contributed by atoms with E-state index in [0.717, 1.165) is 10.6 Å². The van der Waals surface area contributed by atoms with E-state index in [1.807, 2.05) is 31.2 Å². The summed E-state index contributed by atoms with van der Waals surface area (Å²) in [6.45, 7) is 2.28. The smallest absolute Gasteiger partial charge is 0.310 e. The van der Waals surface area contributed by atoms with Crippen LogP contribution >= 0.6 is 11.8 Å². The minimum Gasteiger partial charge on any atom is -0.477 e. The molecule has 0 atom stereocenters. The molecule has 0 aliphatic carbocycles. The second-order valence-corrected chi connectivity index (χ2v) is 6.19. The summed E-state index contributed by atoms with van der Waals surface area (Å²) >= 11 is 1.65. The van der Waals surface area contributed by atoms with Gasteiger partial charge in [0.15, 0.2) is 12.4 Å². The highest BCUT2D eigenvalue weighted by molar-refractivity contribution is 7.99. The molecule has 1 N–H and O–H groups in total. The highest BCUT2D eigenvalue weighted by atomic mass is 32.2. The number of carbonyl (C=O) groups is 1. The first-order chi connectivity index (χ1) is 11.6. The summed E-state index contributed by atoms with van der Waals surface area (Å²) < 4.78 is 5.23. The van der Waals surface area contributed by atoms with Crippen molar-refractivity contribution in [2.45, 2.75) is 11.8 Å². The second-order valence-electron chi connectivity index (χ2n) is 5.02. The minimum atomic E-state index is -0.536. The van der Waals surface area contributed by atoms with E-state index in [-0.39, 0.29) is 24.0 Å². The number of ether oxygens (including phenoxy) is 1. The third-order valence-corrected chi connectivity index (χ3v) is 4.15. The Labute approximate surface area is 144 Å². The number of thioether (sulfide) groups is 1. The number of amides is 1. The lowest BCUT2D eigenvalue weighted by Crippen LogP contribution is -2.30. The van der Waals surface area contributed by atoms with Crippen molar-refractivity contribution in [3.8, 4) is 5.75 Å². The molecule has 1 amide bonds. The van der Waals surface area contributed by atoms with Gasteiger partial charge in [-0.05, 0) is 25.1 Å². The van der Waals surface area contributed by atoms with Gasteiger partial charge in [-0.25, -0.2) is 0 Å². The van der Waals surface area contributed by atoms with Gasteiger partial charge >= 0.3 is 5.69 Å². The van der Waals surface area contributed by atoms with E-state index in [9.17, 15) is 14.9 Å². The molecule has 0 bridgehead atoms. The summed E-state index contributed by atoms with van der Waals surface area (Å²) in [6.07, 6.45) is 0. The van der Waals surface area contributed by atoms with Crippen LogP contribution in [0, 0.1) is 17.0 Å². The molecule has 24 heavy (non-hydrogen) atoms. The van der Waals surface area contributed by atoms with Crippen molar-refractivity contribution in [2.24, 2.45) is 0 Å². The Morgan fingerprint density at radius 3 is 2.62 bits per heavy atom. The molecule has 0 aromatic heterocycles. The van der Waals surface area contributed by atoms with E-state index >= 15 is 0 Å². The molecule has 2 aromatic carbocycles. The highest BCUT2D eigenvalue weighted by Gasteiger charge is 2.14. The van der Waals surface area contributed by atoms with Crippen molar-refractivity contribution < 1.29 is 14.5 Å². The van der Waals surface area contributed by atoms with Gasteiger partial charge in [0.2, 0.25) is 0 Å². The molecule has 126 valence electrons. The fraction of sp³-hybridized carbons (Fsp3) is 0.235. The molecule has 2 rings (SSSR count). The molecular formula is C17H18N2O4S. The normalized spacial score (nSPS) is 10.2. The van der Waals surface area contributed by atoms with Crippen LogP contribution in [0.5, 0.6) is 5.75 Å². The number of nitrogens with one attached hydrogen (secondary N) is 1. The molecule has 6 nitrogen and oxygen atoms in total. The zero-order chi connectivity index (χ0) is 17.4. The van der Waals surface area contributed by atoms with Gasteiger partial charge in [-0.2, -0.15) is 0 Å². The molecule has 0 unspecified atom stereocenters. The maximum absolute atomic E-state index is 11.7. The van der Waals surface area contributed by atoms with E-state index < -0.39 is 4.92 Å². The van der Waals surface area contributed by atoms with Crippen LogP contribution in [0.25, 0.3) is 0 Å². The fourth-order valence-corrected chi connectivity index (χ4v) is 2.69. The van der Waals surface area contributed by atoms with E-state index in [4.69, 9.17) is 4.74 Å². The Kier molecular flexibility index (Phi) is 6.62. The molecule has 0 aliphatic rings. The number of aryl methyl sites for hydroxylation is 1. The van der Waals surface area contributed by atoms with Gasteiger partial charge in [0.05, 0.1) is 4.92 Å². The van der Waals surface area contributed by atoms with E-state index in [2.05, 4.69) is 5.32 Å². The van der Waals surface area contributed by atoms with E-state index in [1.165, 1.54) is 17.7 Å². The predicted octanol–water partition coefficient (Wildman–Crippen LogP) is 3.19. The van der Waals surface area contributed by atoms with Crippen molar-refractivity contribution >= 4 is 23.4 Å². The molecule has 0 heterocycles. The maximum Gasteiger partial charge on any atom is 0.310 e. The van der Waals surface area contributed by atoms with Crippen LogP contribution < -0.4 is 10.1 Å². The van der Waals surface area contributed by atoms with Crippen molar-refractivity contribution in [3.05, 3.63) is 64.2 Å². The Hall–Kier alpha value is -2.54. The van der Waals surface area contributed by atoms with Crippen molar-refractivity contribution in [1.82, 2.24) is 5.32 Å². The zero-order valence-electron chi connectivity index (χ0n) is 13.2. The minimum absolute atomic E-state index is 0.0895. The van der Waals surface area contributed by atoms with E-state index in [1.54, 1.807) is 23.9 Å². The molecule has 0 aliphatic heterocycles. The molecule has 2 aromatic rings. The monoisotopic (exact) mass is 346 g/mol. The van der Waals surface area contributed by atoms with Gasteiger partial charge in [-0.15, -0.1) is 11.8 Å². The predicted molar refractivity (Wildman–Crippen MR) is 93.5 cm³/mol. The quantitative estimate of drug-likeness (QED) is 0.344. The van der Waals surface area contributed by atoms with Crippen LogP contribution in [-0.4, -0.2) is 29.7 Å². The summed E-state index contributed by atoms with van der Waals surface area (Å²) in [7, 11) is 0. The Morgan fingerprint density at radius 1 is 1.21 bits per heavy atom. The van der Waals surface area contributed by atoms with Gasteiger partial charge in [0, 0.05) is 23.3 Å². The lowest BCUT2D eigenvalue weighted by Gasteiger charge is -2.08. The number of hydrogen-bond donors (Lipinski definition) is 1. The number of para-hydroxylation sites is 2. The third kappa shape index (κ3) is 5.58. The van der Waals surface area contributed by atoms with Crippen LogP contribution in [0.4, 0.5) is 5.69 Å². The lowest BCUT2D eigenvalue weighted by molar-refractivity contribution is -0.385. The summed E-state index contributed by atoms with van der Waals surface area (Å²) in [5.41, 5.74) is 1.06. The van der Waals surface area contributed by atoms with Gasteiger partial charge in [0.1, 0.15) is 0 Å². The van der Waals surface area contributed by atoms with Crippen LogP contribution in [0.1, 0.15) is 5.56 Å². The van der Waals surface area contributed by atoms with Gasteiger partial charge < -0.3 is 10.1 Å². The lowest BCUT2D eigenvalue weighted by atomic mass is 10.2. The molecule has 0 saturated carbocycles. The maximum atomic E-state index is 11.7. The number of hydrogen-bond acceptors (Lipinski definition) is 5. The number of nitrogens with zero attached hydrogens (tertiary/aromatic N) is 1. The number of carbonyl (C=O) groups excluding carboxylic acids is 1. The third-order valence-electron chi connectivity index (χ3n) is 3.13. The average molecular weight is 346 g/mol. The van der Waals surface area contributed by atoms with Crippen molar-refractivity contribution in [1.29, 1.82) is 0 Å². The SMILES string of the molecule is Cc1ccc(SCCNC(=O)COc2ccccc2[N+](=O)[O-])cc1. The Morgan fingerprint density at radius 2 is 1.92 bits per heavy atom. The topological polar surface area (TPSA) is 81.5 Å². The van der Waals surface area contributed by atoms with Crippen molar-refractivity contribution in [3.63, 3.8) is 0 Å². The van der Waals surface area contributed by atoms with E-state index in [0.29, 0.717) is 6.54 Å². The van der Waals surface area contributed by atoms with Crippen LogP contribution in [0.15, 0.2) is 53.4 Å². The molecule has 0 radical (unpaired) electrons. The Bertz CT molecular complexity index is 704. The first-order valence-electron chi connectivity index (χ1n) is 7.38. The standard InChI is InChI=1S/C17H18N2O4S/c1-13-6-8-14(9-7-13)24-11-10-18-17(20)12-23-16-5-3-2-4-15(16)19(21)22/h2-9H,10-12H2,1H3,(H,18,20). The van der Waals surface area contributed by atoms with Gasteiger partial charge in [0.25, 0.3) is 5.91 Å². The molecule has 0 spiro atoms. The van der Waals surface area contributed by atoms with Crippen molar-refractivity contribution in [2.75, 3.05) is 18.9 Å². The molecule has 0 saturated heterocycles. The second kappa shape index (κ2) is 8.93. The molecule has 0 fully saturated rings. The summed E-state index contributed by atoms with van der Waals surface area (Å²) in [6, 6.07) is 14.2. The van der Waals surface area contributed by atoms with Crippen LogP contribution in [0.2, 0.25) is 0 Å². The largest absolute Gasteiger partial charge is 0.477 e. The molecular weight excluding hydrogens is 328 g/mol. The first kappa shape index (κ1) is 17.8. The fourth-order valence-electron chi connectivity index (χ4n) is 1.92. The Balaban J connectivity index is 1.70. The summed E-state index contributed by atoms with van der Waals surface area (Å²) in [5.74, 6) is 0.518. The van der Waals surface area contributed by atoms with Gasteiger partial charge in [-0.3, -0.25) is 14.9 Å². The van der Waals surface area contributed by atoms with Gasteiger partial charge in [-0.1, -0.05) is 29.8 Å². The molecule has 7 heteroatoms. The highest BCUT2D eigenvalue weighted by Crippen LogP contribution is 2.25. The summed E-state index contributed by atoms with van der Waals surface area (Å²) in [4.78, 5) is 23.2. The zero-order valence-corrected chi connectivity index (χ0v) is 14.0. The summed E-state index contributed by atoms with van der Waals surface area (Å²) in [5, 5.41) is 13.6. The number of rotatable bonds is 8. The number of nitro groups is 1.